The van der Waals surface area contributed by atoms with Gasteiger partial charge < -0.3 is 10.4 Å². The van der Waals surface area contributed by atoms with Gasteiger partial charge in [-0.3, -0.25) is 9.89 Å². The van der Waals surface area contributed by atoms with Gasteiger partial charge in [-0.05, 0) is 47.4 Å². The highest BCUT2D eigenvalue weighted by atomic mass is 16.3. The number of carbonyl (C=O) groups is 1. The number of nitrogens with zero attached hydrogens (tertiary/aromatic N) is 1. The minimum atomic E-state index is -0.0468. The second kappa shape index (κ2) is 7.33. The number of aromatic nitrogens is 2. The Balaban J connectivity index is 1.59. The van der Waals surface area contributed by atoms with Crippen molar-refractivity contribution in [3.05, 3.63) is 78.5 Å². The van der Waals surface area contributed by atoms with Gasteiger partial charge in [-0.1, -0.05) is 42.5 Å². The second-order valence-corrected chi connectivity index (χ2v) is 6.44. The summed E-state index contributed by atoms with van der Waals surface area (Å²) in [6.45, 7) is 0. The van der Waals surface area contributed by atoms with E-state index in [9.17, 15) is 9.90 Å². The normalized spacial score (nSPS) is 10.8. The number of phenolic OH excluding ortho intramolecular Hbond substituents is 1. The minimum absolute atomic E-state index is 0.0468. The summed E-state index contributed by atoms with van der Waals surface area (Å²) in [7, 11) is 0. The minimum Gasteiger partial charge on any atom is -0.508 e. The first-order valence-corrected chi connectivity index (χ1v) is 8.79. The maximum absolute atomic E-state index is 12.5. The monoisotopic (exact) mass is 357 g/mol. The Kier molecular flexibility index (Phi) is 4.58. The lowest BCUT2D eigenvalue weighted by atomic mass is 10.0. The van der Waals surface area contributed by atoms with E-state index in [1.807, 2.05) is 48.5 Å². The molecular formula is C22H19N3O2. The molecule has 0 atom stereocenters. The van der Waals surface area contributed by atoms with Gasteiger partial charge in [0.25, 0.3) is 0 Å². The fourth-order valence-electron chi connectivity index (χ4n) is 3.12. The Hall–Kier alpha value is -3.60. The summed E-state index contributed by atoms with van der Waals surface area (Å²) in [6, 6.07) is 20.8. The fourth-order valence-corrected chi connectivity index (χ4v) is 3.12. The zero-order chi connectivity index (χ0) is 18.6. The van der Waals surface area contributed by atoms with Crippen molar-refractivity contribution in [2.75, 3.05) is 5.32 Å². The summed E-state index contributed by atoms with van der Waals surface area (Å²) in [5.41, 5.74) is 4.42. The third kappa shape index (κ3) is 3.82. The summed E-state index contributed by atoms with van der Waals surface area (Å²) in [5, 5.41) is 20.7. The summed E-state index contributed by atoms with van der Waals surface area (Å²) in [4.78, 5) is 12.5. The molecule has 0 aliphatic heterocycles. The third-order valence-electron chi connectivity index (χ3n) is 4.50. The molecule has 0 saturated carbocycles. The van der Waals surface area contributed by atoms with Gasteiger partial charge in [-0.25, -0.2) is 0 Å². The van der Waals surface area contributed by atoms with Crippen molar-refractivity contribution in [2.24, 2.45) is 0 Å². The van der Waals surface area contributed by atoms with E-state index in [0.717, 1.165) is 27.6 Å². The van der Waals surface area contributed by atoms with Crippen LogP contribution in [0.1, 0.15) is 12.0 Å². The molecule has 1 heterocycles. The maximum atomic E-state index is 12.5. The van der Waals surface area contributed by atoms with Crippen LogP contribution in [0.3, 0.4) is 0 Å². The molecule has 5 heteroatoms. The molecule has 0 bridgehead atoms. The SMILES string of the molecule is O=C(CCc1ccccc1)Nc1cc(-c2cccc(O)c2)cc2[nH]ncc12. The quantitative estimate of drug-likeness (QED) is 0.492. The summed E-state index contributed by atoms with van der Waals surface area (Å²) < 4.78 is 0. The number of aromatic hydroxyl groups is 1. The molecule has 0 fully saturated rings. The van der Waals surface area contributed by atoms with E-state index < -0.39 is 0 Å². The Morgan fingerprint density at radius 2 is 1.85 bits per heavy atom. The molecule has 0 spiro atoms. The number of hydrogen-bond donors (Lipinski definition) is 3. The number of H-pyrrole nitrogens is 1. The van der Waals surface area contributed by atoms with Gasteiger partial charge in [0.05, 0.1) is 17.4 Å². The van der Waals surface area contributed by atoms with Gasteiger partial charge in [-0.15, -0.1) is 0 Å². The molecule has 27 heavy (non-hydrogen) atoms. The van der Waals surface area contributed by atoms with Gasteiger partial charge in [0, 0.05) is 11.8 Å². The number of amides is 1. The van der Waals surface area contributed by atoms with Crippen molar-refractivity contribution in [1.29, 1.82) is 0 Å². The molecule has 0 aliphatic carbocycles. The van der Waals surface area contributed by atoms with Crippen molar-refractivity contribution < 1.29 is 9.90 Å². The Morgan fingerprint density at radius 1 is 1.00 bits per heavy atom. The first kappa shape index (κ1) is 16.8. The number of nitrogens with one attached hydrogen (secondary N) is 2. The van der Waals surface area contributed by atoms with Crippen LogP contribution in [-0.4, -0.2) is 21.2 Å². The number of phenols is 1. The Bertz CT molecular complexity index is 1090. The first-order chi connectivity index (χ1) is 13.2. The van der Waals surface area contributed by atoms with Crippen molar-refractivity contribution in [2.45, 2.75) is 12.8 Å². The van der Waals surface area contributed by atoms with Crippen LogP contribution in [0.4, 0.5) is 5.69 Å². The molecule has 4 rings (SSSR count). The number of fused-ring (bicyclic) bond motifs is 1. The molecule has 134 valence electrons. The van der Waals surface area contributed by atoms with Gasteiger partial charge in [-0.2, -0.15) is 5.10 Å². The molecule has 0 radical (unpaired) electrons. The Morgan fingerprint density at radius 3 is 2.67 bits per heavy atom. The van der Waals surface area contributed by atoms with Crippen LogP contribution in [0.2, 0.25) is 0 Å². The van der Waals surface area contributed by atoms with Crippen molar-refractivity contribution in [3.8, 4) is 16.9 Å². The summed E-state index contributed by atoms with van der Waals surface area (Å²) >= 11 is 0. The van der Waals surface area contributed by atoms with Crippen molar-refractivity contribution in [1.82, 2.24) is 10.2 Å². The molecule has 0 unspecified atom stereocenters. The number of carbonyl (C=O) groups excluding carboxylic acids is 1. The number of benzene rings is 3. The fraction of sp³-hybridized carbons (Fsp3) is 0.0909. The average Bonchev–Trinajstić information content (AvgIpc) is 3.16. The highest BCUT2D eigenvalue weighted by Crippen LogP contribution is 2.31. The van der Waals surface area contributed by atoms with E-state index in [1.165, 1.54) is 0 Å². The van der Waals surface area contributed by atoms with E-state index in [4.69, 9.17) is 0 Å². The Labute approximate surface area is 156 Å². The van der Waals surface area contributed by atoms with Gasteiger partial charge in [0.2, 0.25) is 5.91 Å². The van der Waals surface area contributed by atoms with E-state index in [0.29, 0.717) is 18.5 Å². The maximum Gasteiger partial charge on any atom is 0.224 e. The summed E-state index contributed by atoms with van der Waals surface area (Å²) in [6.07, 6.45) is 2.79. The molecular weight excluding hydrogens is 338 g/mol. The molecule has 0 saturated heterocycles. The zero-order valence-corrected chi connectivity index (χ0v) is 14.6. The first-order valence-electron chi connectivity index (χ1n) is 8.79. The van der Waals surface area contributed by atoms with Crippen molar-refractivity contribution in [3.63, 3.8) is 0 Å². The smallest absolute Gasteiger partial charge is 0.224 e. The standard InChI is InChI=1S/C22H19N3O2/c26-18-8-4-7-16(11-18)17-12-20(19-14-23-25-21(19)13-17)24-22(27)10-9-15-5-2-1-3-6-15/h1-8,11-14,26H,9-10H2,(H,23,25)(H,24,27). The number of hydrogen-bond acceptors (Lipinski definition) is 3. The lowest BCUT2D eigenvalue weighted by Gasteiger charge is -2.10. The largest absolute Gasteiger partial charge is 0.508 e. The second-order valence-electron chi connectivity index (χ2n) is 6.44. The van der Waals surface area contributed by atoms with Crippen molar-refractivity contribution >= 4 is 22.5 Å². The predicted molar refractivity (Wildman–Crippen MR) is 107 cm³/mol. The van der Waals surface area contributed by atoms with Crippen LogP contribution >= 0.6 is 0 Å². The lowest BCUT2D eigenvalue weighted by Crippen LogP contribution is -2.12. The molecule has 4 aromatic rings. The lowest BCUT2D eigenvalue weighted by molar-refractivity contribution is -0.116. The van der Waals surface area contributed by atoms with E-state index >= 15 is 0 Å². The average molecular weight is 357 g/mol. The van der Waals surface area contributed by atoms with Crippen LogP contribution in [-0.2, 0) is 11.2 Å². The van der Waals surface area contributed by atoms with Gasteiger partial charge >= 0.3 is 0 Å². The molecule has 3 N–H and O–H groups in total. The molecule has 3 aromatic carbocycles. The third-order valence-corrected chi connectivity index (χ3v) is 4.50. The van der Waals surface area contributed by atoms with Crippen LogP contribution in [0.5, 0.6) is 5.75 Å². The number of aryl methyl sites for hydroxylation is 1. The molecule has 1 aromatic heterocycles. The van der Waals surface area contributed by atoms with E-state index in [1.54, 1.807) is 24.4 Å². The number of aromatic amines is 1. The highest BCUT2D eigenvalue weighted by molar-refractivity contribution is 6.03. The molecule has 1 amide bonds. The van der Waals surface area contributed by atoms with Crippen LogP contribution in [0.25, 0.3) is 22.0 Å². The number of rotatable bonds is 5. The van der Waals surface area contributed by atoms with Crippen LogP contribution < -0.4 is 5.32 Å². The molecule has 0 aliphatic rings. The predicted octanol–water partition coefficient (Wildman–Crippen LogP) is 4.51. The molecule has 5 nitrogen and oxygen atoms in total. The van der Waals surface area contributed by atoms with E-state index in [2.05, 4.69) is 15.5 Å². The highest BCUT2D eigenvalue weighted by Gasteiger charge is 2.11. The number of anilines is 1. The van der Waals surface area contributed by atoms with Gasteiger partial charge in [0.15, 0.2) is 0 Å². The van der Waals surface area contributed by atoms with Crippen LogP contribution in [0.15, 0.2) is 72.9 Å². The summed E-state index contributed by atoms with van der Waals surface area (Å²) in [5.74, 6) is 0.153. The topological polar surface area (TPSA) is 78.0 Å². The zero-order valence-electron chi connectivity index (χ0n) is 14.6. The van der Waals surface area contributed by atoms with Crippen LogP contribution in [0, 0.1) is 0 Å². The van der Waals surface area contributed by atoms with Gasteiger partial charge in [0.1, 0.15) is 5.75 Å². The van der Waals surface area contributed by atoms with E-state index in [-0.39, 0.29) is 11.7 Å².